The lowest BCUT2D eigenvalue weighted by Gasteiger charge is -2.15. The fourth-order valence-corrected chi connectivity index (χ4v) is 2.54. The molecule has 0 aromatic heterocycles. The topological polar surface area (TPSA) is 21.3 Å². The van der Waals surface area contributed by atoms with Crippen molar-refractivity contribution in [2.45, 2.75) is 52.5 Å². The van der Waals surface area contributed by atoms with E-state index in [0.717, 1.165) is 37.7 Å². The summed E-state index contributed by atoms with van der Waals surface area (Å²) in [5, 5.41) is 3.62. The van der Waals surface area contributed by atoms with E-state index in [9.17, 15) is 0 Å². The first-order valence-corrected chi connectivity index (χ1v) is 7.63. The van der Waals surface area contributed by atoms with Crippen molar-refractivity contribution in [2.75, 3.05) is 13.2 Å². The van der Waals surface area contributed by atoms with Gasteiger partial charge in [0.05, 0.1) is 6.61 Å². The van der Waals surface area contributed by atoms with E-state index in [4.69, 9.17) is 4.74 Å². The van der Waals surface area contributed by atoms with E-state index < -0.39 is 0 Å². The van der Waals surface area contributed by atoms with Crippen LogP contribution in [0.3, 0.4) is 0 Å². The fraction of sp³-hybridized carbons (Fsp3) is 0.647. The van der Waals surface area contributed by atoms with Crippen LogP contribution in [0.25, 0.3) is 0 Å². The Kier molecular flexibility index (Phi) is 5.26. The normalized spacial score (nSPS) is 15.4. The van der Waals surface area contributed by atoms with Gasteiger partial charge in [-0.1, -0.05) is 26.0 Å². The van der Waals surface area contributed by atoms with Gasteiger partial charge in [0.2, 0.25) is 0 Å². The summed E-state index contributed by atoms with van der Waals surface area (Å²) in [6.07, 6.45) is 4.76. The highest BCUT2D eigenvalue weighted by molar-refractivity contribution is 5.39. The van der Waals surface area contributed by atoms with Gasteiger partial charge < -0.3 is 10.1 Å². The third-order valence-electron chi connectivity index (χ3n) is 3.84. The summed E-state index contributed by atoms with van der Waals surface area (Å²) in [6, 6.07) is 7.26. The molecule has 1 N–H and O–H groups in total. The maximum absolute atomic E-state index is 5.53. The predicted octanol–water partition coefficient (Wildman–Crippen LogP) is 3.58. The van der Waals surface area contributed by atoms with E-state index in [2.05, 4.69) is 44.3 Å². The molecule has 0 fully saturated rings. The van der Waals surface area contributed by atoms with Crippen molar-refractivity contribution in [3.63, 3.8) is 0 Å². The smallest absolute Gasteiger partial charge is 0.122 e. The Morgan fingerprint density at radius 2 is 2.05 bits per heavy atom. The fourth-order valence-electron chi connectivity index (χ4n) is 2.54. The summed E-state index contributed by atoms with van der Waals surface area (Å²) in [5.74, 6) is 1.89. The van der Waals surface area contributed by atoms with Gasteiger partial charge in [-0.2, -0.15) is 0 Å². The molecule has 0 saturated heterocycles. The first-order valence-electron chi connectivity index (χ1n) is 7.63. The Hall–Kier alpha value is -1.02. The van der Waals surface area contributed by atoms with Crippen molar-refractivity contribution in [1.29, 1.82) is 0 Å². The molecular weight excluding hydrogens is 234 g/mol. The first-order chi connectivity index (χ1) is 9.15. The lowest BCUT2D eigenvalue weighted by atomic mass is 10.0. The zero-order chi connectivity index (χ0) is 13.7. The van der Waals surface area contributed by atoms with Crippen molar-refractivity contribution in [3.8, 4) is 5.75 Å². The van der Waals surface area contributed by atoms with Gasteiger partial charge >= 0.3 is 0 Å². The van der Waals surface area contributed by atoms with E-state index in [1.165, 1.54) is 24.0 Å². The molecule has 19 heavy (non-hydrogen) atoms. The predicted molar refractivity (Wildman–Crippen MR) is 80.9 cm³/mol. The molecule has 2 heteroatoms. The minimum atomic E-state index is 0.625. The molecule has 0 aliphatic carbocycles. The van der Waals surface area contributed by atoms with Crippen LogP contribution in [0.15, 0.2) is 18.2 Å². The molecule has 1 heterocycles. The second kappa shape index (κ2) is 6.95. The van der Waals surface area contributed by atoms with Crippen LogP contribution < -0.4 is 10.1 Å². The molecule has 1 unspecified atom stereocenters. The maximum atomic E-state index is 5.53. The van der Waals surface area contributed by atoms with Crippen molar-refractivity contribution in [3.05, 3.63) is 29.3 Å². The third kappa shape index (κ3) is 4.54. The maximum Gasteiger partial charge on any atom is 0.122 e. The van der Waals surface area contributed by atoms with Gasteiger partial charge in [-0.3, -0.25) is 0 Å². The van der Waals surface area contributed by atoms with Crippen molar-refractivity contribution >= 4 is 0 Å². The van der Waals surface area contributed by atoms with Gasteiger partial charge in [0.15, 0.2) is 0 Å². The van der Waals surface area contributed by atoms with Crippen molar-refractivity contribution < 1.29 is 4.74 Å². The molecule has 1 aromatic rings. The van der Waals surface area contributed by atoms with Gasteiger partial charge in [0.1, 0.15) is 5.75 Å². The van der Waals surface area contributed by atoms with Gasteiger partial charge in [-0.25, -0.2) is 0 Å². The van der Waals surface area contributed by atoms with E-state index in [1.807, 2.05) is 0 Å². The average Bonchev–Trinajstić information content (AvgIpc) is 2.83. The van der Waals surface area contributed by atoms with Crippen molar-refractivity contribution in [2.24, 2.45) is 5.92 Å². The van der Waals surface area contributed by atoms with Crippen LogP contribution in [0.2, 0.25) is 0 Å². The SMILES string of the molecule is CC(C)CCC(C)NCCc1ccc2c(c1)CCO2. The Labute approximate surface area is 117 Å². The molecule has 0 bridgehead atoms. The number of fused-ring (bicyclic) bond motifs is 1. The van der Waals surface area contributed by atoms with Crippen LogP contribution in [0, 0.1) is 5.92 Å². The van der Waals surface area contributed by atoms with Crippen molar-refractivity contribution in [1.82, 2.24) is 5.32 Å². The molecule has 2 rings (SSSR count). The van der Waals surface area contributed by atoms with Crippen LogP contribution in [-0.2, 0) is 12.8 Å². The van der Waals surface area contributed by atoms with Gasteiger partial charge in [0, 0.05) is 12.5 Å². The molecule has 0 spiro atoms. The minimum absolute atomic E-state index is 0.625. The molecule has 2 nitrogen and oxygen atoms in total. The molecule has 1 aromatic carbocycles. The number of hydrogen-bond donors (Lipinski definition) is 1. The highest BCUT2D eigenvalue weighted by Gasteiger charge is 2.11. The Bertz CT molecular complexity index is 400. The van der Waals surface area contributed by atoms with Gasteiger partial charge in [0.25, 0.3) is 0 Å². The second-order valence-corrected chi connectivity index (χ2v) is 6.12. The molecule has 0 radical (unpaired) electrons. The average molecular weight is 261 g/mol. The van der Waals surface area contributed by atoms with Gasteiger partial charge in [-0.15, -0.1) is 0 Å². The summed E-state index contributed by atoms with van der Waals surface area (Å²) in [4.78, 5) is 0. The number of nitrogens with one attached hydrogen (secondary N) is 1. The van der Waals surface area contributed by atoms with E-state index >= 15 is 0 Å². The largest absolute Gasteiger partial charge is 0.493 e. The monoisotopic (exact) mass is 261 g/mol. The molecule has 1 aliphatic rings. The van der Waals surface area contributed by atoms with Gasteiger partial charge in [-0.05, 0) is 55.8 Å². The number of ether oxygens (including phenoxy) is 1. The van der Waals surface area contributed by atoms with Crippen LogP contribution in [-0.4, -0.2) is 19.2 Å². The van der Waals surface area contributed by atoms with E-state index in [-0.39, 0.29) is 0 Å². The number of benzene rings is 1. The molecule has 106 valence electrons. The molecular formula is C17H27NO. The third-order valence-corrected chi connectivity index (χ3v) is 3.84. The van der Waals surface area contributed by atoms with Crippen LogP contribution >= 0.6 is 0 Å². The lowest BCUT2D eigenvalue weighted by Crippen LogP contribution is -2.28. The second-order valence-electron chi connectivity index (χ2n) is 6.12. The zero-order valence-corrected chi connectivity index (χ0v) is 12.5. The summed E-state index contributed by atoms with van der Waals surface area (Å²) >= 11 is 0. The van der Waals surface area contributed by atoms with Crippen LogP contribution in [0.5, 0.6) is 5.75 Å². The van der Waals surface area contributed by atoms with E-state index in [1.54, 1.807) is 0 Å². The highest BCUT2D eigenvalue weighted by atomic mass is 16.5. The summed E-state index contributed by atoms with van der Waals surface area (Å²) in [6.45, 7) is 8.79. The number of rotatable bonds is 7. The molecule has 0 amide bonds. The number of hydrogen-bond acceptors (Lipinski definition) is 2. The van der Waals surface area contributed by atoms with E-state index in [0.29, 0.717) is 6.04 Å². The Morgan fingerprint density at radius 3 is 2.84 bits per heavy atom. The molecule has 1 atom stereocenters. The molecule has 1 aliphatic heterocycles. The molecule has 0 saturated carbocycles. The minimum Gasteiger partial charge on any atom is -0.493 e. The first kappa shape index (κ1) is 14.4. The highest BCUT2D eigenvalue weighted by Crippen LogP contribution is 2.25. The van der Waals surface area contributed by atoms with Crippen LogP contribution in [0.1, 0.15) is 44.7 Å². The van der Waals surface area contributed by atoms with Crippen LogP contribution in [0.4, 0.5) is 0 Å². The Morgan fingerprint density at radius 1 is 1.21 bits per heavy atom. The quantitative estimate of drug-likeness (QED) is 0.810. The summed E-state index contributed by atoms with van der Waals surface area (Å²) < 4.78 is 5.53. The standard InChI is InChI=1S/C17H27NO/c1-13(2)4-5-14(3)18-10-8-15-6-7-17-16(12-15)9-11-19-17/h6-7,12-14,18H,4-5,8-11H2,1-3H3. The lowest BCUT2D eigenvalue weighted by molar-refractivity contribution is 0.357. The Balaban J connectivity index is 1.71. The zero-order valence-electron chi connectivity index (χ0n) is 12.5. The summed E-state index contributed by atoms with van der Waals surface area (Å²) in [7, 11) is 0. The summed E-state index contributed by atoms with van der Waals surface area (Å²) in [5.41, 5.74) is 2.80.